The quantitative estimate of drug-likeness (QED) is 0.135. The van der Waals surface area contributed by atoms with E-state index in [4.69, 9.17) is 11.5 Å². The molecule has 2 aliphatic carbocycles. The molecule has 2 aromatic heterocycles. The Morgan fingerprint density at radius 2 is 0.736 bits per heavy atom. The number of pyridine rings is 2. The molecule has 6 aromatic rings. The minimum atomic E-state index is -0.233. The molecule has 0 atom stereocenters. The number of carbonyl (C=O) groups is 2. The van der Waals surface area contributed by atoms with Crippen molar-refractivity contribution in [3.63, 3.8) is 0 Å². The van der Waals surface area contributed by atoms with Crippen LogP contribution in [0.4, 0.5) is 0 Å². The molecule has 53 heavy (non-hydrogen) atoms. The van der Waals surface area contributed by atoms with Gasteiger partial charge in [0.1, 0.15) is 0 Å². The van der Waals surface area contributed by atoms with E-state index >= 15 is 0 Å². The van der Waals surface area contributed by atoms with Crippen LogP contribution in [0.2, 0.25) is 0 Å². The number of nitrogens with two attached hydrogens (primary N) is 2. The third kappa shape index (κ3) is 7.39. The molecule has 0 spiro atoms. The molecular weight excluding hydrogens is 657 g/mol. The number of fused-ring (bicyclic) bond motifs is 6. The lowest BCUT2D eigenvalue weighted by Crippen LogP contribution is -2.29. The molecule has 0 saturated carbocycles. The van der Waals surface area contributed by atoms with E-state index in [2.05, 4.69) is 131 Å². The van der Waals surface area contributed by atoms with Crippen LogP contribution >= 0.6 is 0 Å². The van der Waals surface area contributed by atoms with E-state index in [1.165, 1.54) is 55.6 Å². The van der Waals surface area contributed by atoms with Crippen LogP contribution in [0.3, 0.4) is 0 Å². The molecular formula is C46H46N4O3. The van der Waals surface area contributed by atoms with Gasteiger partial charge in [-0.2, -0.15) is 0 Å². The summed E-state index contributed by atoms with van der Waals surface area (Å²) in [6.07, 6.45) is 13.4. The van der Waals surface area contributed by atoms with Crippen molar-refractivity contribution in [2.24, 2.45) is 11.5 Å². The van der Waals surface area contributed by atoms with E-state index in [1.807, 2.05) is 24.8 Å². The Kier molecular flexibility index (Phi) is 11.3. The number of carbonyl (C=O) groups excluding carboxylic acids is 2. The van der Waals surface area contributed by atoms with Gasteiger partial charge >= 0.3 is 0 Å². The smallest absolute Gasteiger partial charge is 0.217 e. The minimum Gasteiger partial charge on any atom is -0.412 e. The Balaban J connectivity index is 0.000000178. The largest absolute Gasteiger partial charge is 0.412 e. The molecule has 6 N–H and O–H groups in total. The molecule has 2 amide bonds. The fraction of sp³-hybridized carbons (Fsp3) is 0.217. The molecule has 268 valence electrons. The van der Waals surface area contributed by atoms with Gasteiger partial charge in [-0.25, -0.2) is 0 Å². The zero-order valence-electron chi connectivity index (χ0n) is 29.9. The van der Waals surface area contributed by atoms with Crippen molar-refractivity contribution in [3.05, 3.63) is 179 Å². The summed E-state index contributed by atoms with van der Waals surface area (Å²) < 4.78 is 0. The minimum absolute atomic E-state index is 0. The zero-order valence-corrected chi connectivity index (χ0v) is 29.9. The number of primary amides is 2. The maximum atomic E-state index is 11.3. The van der Waals surface area contributed by atoms with Crippen LogP contribution in [0.1, 0.15) is 71.9 Å². The molecule has 0 saturated heterocycles. The van der Waals surface area contributed by atoms with E-state index in [0.29, 0.717) is 12.8 Å². The van der Waals surface area contributed by atoms with Gasteiger partial charge in [0.25, 0.3) is 0 Å². The van der Waals surface area contributed by atoms with Gasteiger partial charge in [0.2, 0.25) is 11.8 Å². The Morgan fingerprint density at radius 3 is 1.02 bits per heavy atom. The summed E-state index contributed by atoms with van der Waals surface area (Å²) in [7, 11) is 0. The highest BCUT2D eigenvalue weighted by Crippen LogP contribution is 2.54. The first kappa shape index (κ1) is 36.9. The number of hydrogen-bond donors (Lipinski definition) is 2. The predicted octanol–water partition coefficient (Wildman–Crippen LogP) is 7.67. The summed E-state index contributed by atoms with van der Waals surface area (Å²) in [4.78, 5) is 31.0. The SMILES string of the molecule is NC(=O)CCCC1(Cc2ccncc2)c2ccccc2-c2ccccc21.NC(=O)CCCC1(Cc2ccncc2)c2ccccc2-c2ccccc21.O. The molecule has 0 bridgehead atoms. The third-order valence-electron chi connectivity index (χ3n) is 10.9. The van der Waals surface area contributed by atoms with E-state index < -0.39 is 0 Å². The number of hydrogen-bond acceptors (Lipinski definition) is 4. The molecule has 7 nitrogen and oxygen atoms in total. The van der Waals surface area contributed by atoms with Crippen LogP contribution in [-0.4, -0.2) is 27.3 Å². The van der Waals surface area contributed by atoms with Crippen LogP contribution in [0.5, 0.6) is 0 Å². The van der Waals surface area contributed by atoms with Gasteiger partial charge in [-0.15, -0.1) is 0 Å². The van der Waals surface area contributed by atoms with Gasteiger partial charge in [-0.1, -0.05) is 97.1 Å². The first-order valence-corrected chi connectivity index (χ1v) is 18.1. The Hall–Kier alpha value is -5.92. The van der Waals surface area contributed by atoms with Crippen molar-refractivity contribution in [1.29, 1.82) is 0 Å². The van der Waals surface area contributed by atoms with Gasteiger partial charge in [0, 0.05) is 48.5 Å². The maximum absolute atomic E-state index is 11.3. The van der Waals surface area contributed by atoms with Crippen molar-refractivity contribution in [3.8, 4) is 22.3 Å². The molecule has 0 fully saturated rings. The number of aromatic nitrogens is 2. The van der Waals surface area contributed by atoms with Crippen LogP contribution in [0.25, 0.3) is 22.3 Å². The second-order valence-electron chi connectivity index (χ2n) is 14.1. The van der Waals surface area contributed by atoms with Gasteiger partial charge < -0.3 is 16.9 Å². The van der Waals surface area contributed by atoms with Gasteiger partial charge in [-0.3, -0.25) is 19.6 Å². The van der Waals surface area contributed by atoms with Crippen molar-refractivity contribution in [1.82, 2.24) is 9.97 Å². The predicted molar refractivity (Wildman–Crippen MR) is 211 cm³/mol. The second-order valence-corrected chi connectivity index (χ2v) is 14.1. The highest BCUT2D eigenvalue weighted by Gasteiger charge is 2.43. The molecule has 8 rings (SSSR count). The lowest BCUT2D eigenvalue weighted by molar-refractivity contribution is -0.119. The summed E-state index contributed by atoms with van der Waals surface area (Å²) in [5.74, 6) is -0.466. The van der Waals surface area contributed by atoms with Crippen LogP contribution < -0.4 is 11.5 Å². The van der Waals surface area contributed by atoms with E-state index in [0.717, 1.165) is 38.5 Å². The van der Waals surface area contributed by atoms with Crippen molar-refractivity contribution >= 4 is 11.8 Å². The molecule has 2 aliphatic rings. The molecule has 0 radical (unpaired) electrons. The van der Waals surface area contributed by atoms with E-state index in [-0.39, 0.29) is 28.1 Å². The normalized spacial score (nSPS) is 13.6. The topological polar surface area (TPSA) is 143 Å². The summed E-state index contributed by atoms with van der Waals surface area (Å²) in [6, 6.07) is 42.9. The summed E-state index contributed by atoms with van der Waals surface area (Å²) >= 11 is 0. The highest BCUT2D eigenvalue weighted by molar-refractivity contribution is 5.82. The monoisotopic (exact) mass is 702 g/mol. The van der Waals surface area contributed by atoms with Crippen LogP contribution in [-0.2, 0) is 33.3 Å². The van der Waals surface area contributed by atoms with Crippen molar-refractivity contribution < 1.29 is 15.1 Å². The standard InChI is InChI=1S/2C23H22N2O.H2O/c2*24-22(26)10-5-13-23(16-17-11-14-25-15-12-17)20-8-3-1-6-18(20)19-7-2-4-9-21(19)23;/h2*1-4,6-9,11-12,14-15H,5,10,13,16H2,(H2,24,26);1H2. The van der Waals surface area contributed by atoms with Gasteiger partial charge in [0.15, 0.2) is 0 Å². The fourth-order valence-corrected chi connectivity index (χ4v) is 8.75. The van der Waals surface area contributed by atoms with Gasteiger partial charge in [0.05, 0.1) is 0 Å². The second kappa shape index (κ2) is 16.2. The fourth-order valence-electron chi connectivity index (χ4n) is 8.75. The molecule has 7 heteroatoms. The maximum Gasteiger partial charge on any atom is 0.217 e. The third-order valence-corrected chi connectivity index (χ3v) is 10.9. The zero-order chi connectivity index (χ0) is 36.0. The Labute approximate surface area is 311 Å². The van der Waals surface area contributed by atoms with Crippen LogP contribution in [0.15, 0.2) is 146 Å². The van der Waals surface area contributed by atoms with Crippen molar-refractivity contribution in [2.75, 3.05) is 0 Å². The van der Waals surface area contributed by atoms with Gasteiger partial charge in [-0.05, 0) is 118 Å². The molecule has 0 aliphatic heterocycles. The lowest BCUT2D eigenvalue weighted by Gasteiger charge is -2.32. The van der Waals surface area contributed by atoms with Crippen molar-refractivity contribution in [2.45, 2.75) is 62.2 Å². The number of benzene rings is 4. The molecule has 4 aromatic carbocycles. The summed E-state index contributed by atoms with van der Waals surface area (Å²) in [5.41, 5.74) is 23.7. The average Bonchev–Trinajstić information content (AvgIpc) is 3.60. The first-order valence-electron chi connectivity index (χ1n) is 18.1. The summed E-state index contributed by atoms with van der Waals surface area (Å²) in [5, 5.41) is 0. The van der Waals surface area contributed by atoms with E-state index in [9.17, 15) is 9.59 Å². The Morgan fingerprint density at radius 1 is 0.453 bits per heavy atom. The highest BCUT2D eigenvalue weighted by atomic mass is 16.1. The first-order chi connectivity index (χ1) is 25.4. The molecule has 2 heterocycles. The Bertz CT molecular complexity index is 1940. The number of rotatable bonds is 12. The number of amides is 2. The molecule has 0 unspecified atom stereocenters. The number of nitrogens with zero attached hydrogens (tertiary/aromatic N) is 2. The lowest BCUT2D eigenvalue weighted by atomic mass is 9.70. The van der Waals surface area contributed by atoms with Crippen LogP contribution in [0, 0.1) is 0 Å². The van der Waals surface area contributed by atoms with E-state index in [1.54, 1.807) is 0 Å². The average molecular weight is 703 g/mol. The summed E-state index contributed by atoms with van der Waals surface area (Å²) in [6.45, 7) is 0.